The van der Waals surface area contributed by atoms with Gasteiger partial charge in [-0.25, -0.2) is 0 Å². The van der Waals surface area contributed by atoms with Crippen LogP contribution in [-0.4, -0.2) is 0 Å². The Labute approximate surface area is 227 Å². The minimum absolute atomic E-state index is 1.00. The molecular formula is C36H66. The van der Waals surface area contributed by atoms with Crippen LogP contribution in [0.25, 0.3) is 0 Å². The summed E-state index contributed by atoms with van der Waals surface area (Å²) < 4.78 is 0. The van der Waals surface area contributed by atoms with Gasteiger partial charge in [0.1, 0.15) is 0 Å². The van der Waals surface area contributed by atoms with Gasteiger partial charge in [0.05, 0.1) is 0 Å². The standard InChI is InChI=1S/C21H38.C15H28/c1-4-5-8-19-16(3)14-18-7-6-9-20(18)21(19)17-12-10-15(2)11-13-17;1-4-13-9-12(3)6-8-15(13)14-7-5-11(2)10-14/h15-21H,4-14H2,1-3H3;11-15H,4-10H2,1-3H3. The van der Waals surface area contributed by atoms with Gasteiger partial charge in [0.15, 0.2) is 0 Å². The molecule has 0 aromatic carbocycles. The molecule has 5 rings (SSSR count). The molecule has 36 heavy (non-hydrogen) atoms. The van der Waals surface area contributed by atoms with Gasteiger partial charge in [-0.05, 0) is 129 Å². The number of rotatable bonds is 6. The van der Waals surface area contributed by atoms with E-state index in [2.05, 4.69) is 41.5 Å². The number of hydrogen-bond donors (Lipinski definition) is 0. The van der Waals surface area contributed by atoms with Gasteiger partial charge in [0.25, 0.3) is 0 Å². The minimum atomic E-state index is 1.00. The molecule has 0 nitrogen and oxygen atoms in total. The molecular weight excluding hydrogens is 432 g/mol. The topological polar surface area (TPSA) is 0 Å². The minimum Gasteiger partial charge on any atom is -0.0654 e. The Kier molecular flexibility index (Phi) is 11.2. The second kappa shape index (κ2) is 13.9. The van der Waals surface area contributed by atoms with E-state index in [1.165, 1.54) is 77.0 Å². The summed E-state index contributed by atoms with van der Waals surface area (Å²) >= 11 is 0. The van der Waals surface area contributed by atoms with Gasteiger partial charge in [-0.15, -0.1) is 0 Å². The fourth-order valence-corrected chi connectivity index (χ4v) is 10.8. The van der Waals surface area contributed by atoms with E-state index < -0.39 is 0 Å². The highest BCUT2D eigenvalue weighted by Gasteiger charge is 2.47. The van der Waals surface area contributed by atoms with Crippen LogP contribution in [0.4, 0.5) is 0 Å². The number of fused-ring (bicyclic) bond motifs is 1. The zero-order chi connectivity index (χ0) is 25.7. The predicted octanol–water partition coefficient (Wildman–Crippen LogP) is 11.6. The summed E-state index contributed by atoms with van der Waals surface area (Å²) in [5.74, 6) is 12.8. The van der Waals surface area contributed by atoms with Crippen molar-refractivity contribution < 1.29 is 0 Å². The molecule has 10 atom stereocenters. The molecule has 5 fully saturated rings. The average molecular weight is 499 g/mol. The maximum absolute atomic E-state index is 2.60. The van der Waals surface area contributed by atoms with E-state index in [0.29, 0.717) is 0 Å². The molecule has 5 aliphatic carbocycles. The highest BCUT2D eigenvalue weighted by atomic mass is 14.5. The second-order valence-electron chi connectivity index (χ2n) is 15.4. The van der Waals surface area contributed by atoms with E-state index in [9.17, 15) is 0 Å². The van der Waals surface area contributed by atoms with Crippen LogP contribution < -0.4 is 0 Å². The van der Waals surface area contributed by atoms with Crippen molar-refractivity contribution in [3.05, 3.63) is 0 Å². The van der Waals surface area contributed by atoms with Gasteiger partial charge in [0.2, 0.25) is 0 Å². The van der Waals surface area contributed by atoms with Crippen molar-refractivity contribution >= 4 is 0 Å². The molecule has 0 radical (unpaired) electrons. The summed E-state index contributed by atoms with van der Waals surface area (Å²) in [5, 5.41) is 0. The molecule has 0 aromatic rings. The summed E-state index contributed by atoms with van der Waals surface area (Å²) in [6.45, 7) is 14.8. The molecule has 0 N–H and O–H groups in total. The Morgan fingerprint density at radius 3 is 1.86 bits per heavy atom. The maximum Gasteiger partial charge on any atom is -0.0324 e. The summed E-state index contributed by atoms with van der Waals surface area (Å²) in [4.78, 5) is 0. The first-order valence-corrected chi connectivity index (χ1v) is 17.4. The van der Waals surface area contributed by atoms with Crippen LogP contribution in [0.3, 0.4) is 0 Å². The largest absolute Gasteiger partial charge is 0.0654 e. The Morgan fingerprint density at radius 2 is 1.19 bits per heavy atom. The Hall–Kier alpha value is 0. The lowest BCUT2D eigenvalue weighted by atomic mass is 9.56. The highest BCUT2D eigenvalue weighted by Crippen LogP contribution is 2.56. The van der Waals surface area contributed by atoms with E-state index in [1.807, 2.05) is 0 Å². The zero-order valence-electron chi connectivity index (χ0n) is 25.7. The van der Waals surface area contributed by atoms with Gasteiger partial charge in [0, 0.05) is 0 Å². The van der Waals surface area contributed by atoms with E-state index in [4.69, 9.17) is 0 Å². The molecule has 0 bridgehead atoms. The third-order valence-electron chi connectivity index (χ3n) is 12.8. The van der Waals surface area contributed by atoms with Crippen molar-refractivity contribution in [2.24, 2.45) is 71.0 Å². The summed E-state index contributed by atoms with van der Waals surface area (Å²) in [5.41, 5.74) is 0. The second-order valence-corrected chi connectivity index (χ2v) is 15.4. The lowest BCUT2D eigenvalue weighted by molar-refractivity contribution is -0.00156. The van der Waals surface area contributed by atoms with Crippen molar-refractivity contribution in [1.82, 2.24) is 0 Å². The van der Waals surface area contributed by atoms with Crippen LogP contribution in [0.1, 0.15) is 157 Å². The van der Waals surface area contributed by atoms with E-state index in [0.717, 1.165) is 71.0 Å². The quantitative estimate of drug-likeness (QED) is 0.341. The molecule has 10 unspecified atom stereocenters. The fourth-order valence-electron chi connectivity index (χ4n) is 10.8. The fraction of sp³-hybridized carbons (Fsp3) is 1.00. The lowest BCUT2D eigenvalue weighted by Crippen LogP contribution is -2.42. The van der Waals surface area contributed by atoms with Crippen molar-refractivity contribution in [1.29, 1.82) is 0 Å². The Bertz CT molecular complexity index is 612. The SMILES string of the molecule is CCC1CC(C)CCC1C1CCC(C)C1.CCCCC1C(C)CC2CCCC2C1C1CCC(C)CC1. The van der Waals surface area contributed by atoms with Crippen molar-refractivity contribution in [3.8, 4) is 0 Å². The molecule has 5 aliphatic rings. The lowest BCUT2D eigenvalue weighted by Gasteiger charge is -2.49. The predicted molar refractivity (Wildman–Crippen MR) is 159 cm³/mol. The Balaban J connectivity index is 0.000000179. The molecule has 210 valence electrons. The van der Waals surface area contributed by atoms with Crippen LogP contribution in [-0.2, 0) is 0 Å². The smallest absolute Gasteiger partial charge is 0.0324 e. The first-order valence-electron chi connectivity index (χ1n) is 17.4. The van der Waals surface area contributed by atoms with Crippen LogP contribution in [0.15, 0.2) is 0 Å². The number of hydrogen-bond acceptors (Lipinski definition) is 0. The summed E-state index contributed by atoms with van der Waals surface area (Å²) in [6.07, 6.45) is 27.4. The van der Waals surface area contributed by atoms with Gasteiger partial charge < -0.3 is 0 Å². The van der Waals surface area contributed by atoms with Gasteiger partial charge in [-0.2, -0.15) is 0 Å². The van der Waals surface area contributed by atoms with Gasteiger partial charge in [-0.3, -0.25) is 0 Å². The molecule has 0 heteroatoms. The molecule has 0 heterocycles. The maximum atomic E-state index is 2.60. The molecule has 0 aliphatic heterocycles. The molecule has 0 aromatic heterocycles. The zero-order valence-corrected chi connectivity index (χ0v) is 25.7. The van der Waals surface area contributed by atoms with Crippen molar-refractivity contribution in [3.63, 3.8) is 0 Å². The van der Waals surface area contributed by atoms with E-state index >= 15 is 0 Å². The Morgan fingerprint density at radius 1 is 0.556 bits per heavy atom. The molecule has 0 spiro atoms. The van der Waals surface area contributed by atoms with Gasteiger partial charge in [-0.1, -0.05) is 99.3 Å². The van der Waals surface area contributed by atoms with Crippen molar-refractivity contribution in [2.45, 2.75) is 157 Å². The third kappa shape index (κ3) is 7.14. The van der Waals surface area contributed by atoms with E-state index in [-0.39, 0.29) is 0 Å². The van der Waals surface area contributed by atoms with Crippen LogP contribution in [0.2, 0.25) is 0 Å². The first kappa shape index (κ1) is 29.0. The highest BCUT2D eigenvalue weighted by molar-refractivity contribution is 4.97. The average Bonchev–Trinajstić information content (AvgIpc) is 3.52. The monoisotopic (exact) mass is 499 g/mol. The molecule has 0 amide bonds. The van der Waals surface area contributed by atoms with Crippen LogP contribution >= 0.6 is 0 Å². The number of unbranched alkanes of at least 4 members (excludes halogenated alkanes) is 1. The van der Waals surface area contributed by atoms with Crippen LogP contribution in [0.5, 0.6) is 0 Å². The van der Waals surface area contributed by atoms with Gasteiger partial charge >= 0.3 is 0 Å². The van der Waals surface area contributed by atoms with E-state index in [1.54, 1.807) is 38.5 Å². The van der Waals surface area contributed by atoms with Crippen LogP contribution in [0, 0.1) is 71.0 Å². The summed E-state index contributed by atoms with van der Waals surface area (Å²) in [6, 6.07) is 0. The first-order chi connectivity index (χ1) is 17.4. The molecule has 0 saturated heterocycles. The summed E-state index contributed by atoms with van der Waals surface area (Å²) in [7, 11) is 0. The third-order valence-corrected chi connectivity index (χ3v) is 12.8. The van der Waals surface area contributed by atoms with Crippen molar-refractivity contribution in [2.75, 3.05) is 0 Å². The normalized spacial score (nSPS) is 47.2. The molecule has 5 saturated carbocycles.